The number of halogens is 1. The first-order valence-corrected chi connectivity index (χ1v) is 2.71. The summed E-state index contributed by atoms with van der Waals surface area (Å²) in [6.07, 6.45) is -1.51. The van der Waals surface area contributed by atoms with Gasteiger partial charge >= 0.3 is 0 Å². The number of alkyl halides is 1. The number of carbonyl (C=O) groups excluding carboxylic acids is 1. The number of primary amides is 1. The predicted octanol–water partition coefficient (Wildman–Crippen LogP) is -1.20. The van der Waals surface area contributed by atoms with E-state index in [0.717, 1.165) is 6.92 Å². The molecule has 0 bridgehead atoms. The maximum absolute atomic E-state index is 11.3. The predicted molar refractivity (Wildman–Crippen MR) is 33.9 cm³/mol. The van der Waals surface area contributed by atoms with E-state index in [2.05, 4.69) is 5.73 Å². The molecule has 0 fully saturated rings. The number of hydrogen-bond acceptors (Lipinski definition) is 3. The van der Waals surface area contributed by atoms with E-state index in [1.807, 2.05) is 0 Å². The molecule has 1 amide bonds. The summed E-state index contributed by atoms with van der Waals surface area (Å²) in [6, 6.07) is 0. The molecule has 0 rings (SSSR count). The molecule has 0 saturated heterocycles. The second-order valence-corrected chi connectivity index (χ2v) is 1.47. The third-order valence-electron chi connectivity index (χ3n) is 0.492. The van der Waals surface area contributed by atoms with Crippen LogP contribution < -0.4 is 5.73 Å². The highest BCUT2D eigenvalue weighted by Gasteiger charge is 2.01. The second kappa shape index (κ2) is 8.32. The van der Waals surface area contributed by atoms with Gasteiger partial charge in [-0.25, -0.2) is 4.39 Å². The lowest BCUT2D eigenvalue weighted by Gasteiger charge is -1.86. The summed E-state index contributed by atoms with van der Waals surface area (Å²) in [5.74, 6) is -0.907. The largest absolute Gasteiger partial charge is 0.394 e. The molecule has 1 unspecified atom stereocenters. The number of aliphatic hydroxyl groups is 2. The van der Waals surface area contributed by atoms with Crippen molar-refractivity contribution in [2.24, 2.45) is 5.73 Å². The molecule has 0 aliphatic heterocycles. The lowest BCUT2D eigenvalue weighted by molar-refractivity contribution is -0.122. The highest BCUT2D eigenvalue weighted by molar-refractivity contribution is 5.78. The van der Waals surface area contributed by atoms with Crippen molar-refractivity contribution in [2.75, 3.05) is 13.2 Å². The zero-order chi connectivity index (χ0) is 8.57. The van der Waals surface area contributed by atoms with Gasteiger partial charge in [0.25, 0.3) is 5.91 Å². The highest BCUT2D eigenvalue weighted by atomic mass is 19.1. The van der Waals surface area contributed by atoms with E-state index in [-0.39, 0.29) is 13.2 Å². The van der Waals surface area contributed by atoms with Gasteiger partial charge in [0.15, 0.2) is 6.17 Å². The molecule has 0 heterocycles. The minimum absolute atomic E-state index is 0.125. The van der Waals surface area contributed by atoms with Gasteiger partial charge in [0.05, 0.1) is 13.2 Å². The van der Waals surface area contributed by atoms with E-state index in [0.29, 0.717) is 0 Å². The number of rotatable bonds is 2. The van der Waals surface area contributed by atoms with Crippen molar-refractivity contribution in [3.8, 4) is 0 Å². The third-order valence-corrected chi connectivity index (χ3v) is 0.492. The second-order valence-electron chi connectivity index (χ2n) is 1.47. The molecule has 10 heavy (non-hydrogen) atoms. The maximum atomic E-state index is 11.3. The van der Waals surface area contributed by atoms with Gasteiger partial charge in [-0.15, -0.1) is 0 Å². The van der Waals surface area contributed by atoms with Crippen LogP contribution in [0, 0.1) is 0 Å². The zero-order valence-electron chi connectivity index (χ0n) is 5.75. The Hall–Kier alpha value is -0.680. The standard InChI is InChI=1S/C3H6FNO.C2H6O2/c1-2(4)3(5)6;3-1-2-4/h2H,1H3,(H2,5,6);3-4H,1-2H2. The van der Waals surface area contributed by atoms with E-state index in [9.17, 15) is 9.18 Å². The molecule has 1 atom stereocenters. The van der Waals surface area contributed by atoms with Crippen LogP contribution in [0.5, 0.6) is 0 Å². The average molecular weight is 153 g/mol. The van der Waals surface area contributed by atoms with Crippen LogP contribution in [0.1, 0.15) is 6.92 Å². The van der Waals surface area contributed by atoms with Gasteiger partial charge in [-0.3, -0.25) is 4.79 Å². The summed E-state index contributed by atoms with van der Waals surface area (Å²) >= 11 is 0. The monoisotopic (exact) mass is 153 g/mol. The topological polar surface area (TPSA) is 83.6 Å². The van der Waals surface area contributed by atoms with E-state index >= 15 is 0 Å². The number of aliphatic hydroxyl groups excluding tert-OH is 2. The fourth-order valence-corrected chi connectivity index (χ4v) is 0. The molecule has 0 aliphatic rings. The molecule has 0 aromatic heterocycles. The van der Waals surface area contributed by atoms with Gasteiger partial charge in [0.1, 0.15) is 0 Å². The van der Waals surface area contributed by atoms with Gasteiger partial charge in [-0.05, 0) is 6.92 Å². The third kappa shape index (κ3) is 15.7. The number of amides is 1. The minimum Gasteiger partial charge on any atom is -0.394 e. The van der Waals surface area contributed by atoms with E-state index in [1.165, 1.54) is 0 Å². The molecule has 0 spiro atoms. The fraction of sp³-hybridized carbons (Fsp3) is 0.800. The van der Waals surface area contributed by atoms with Crippen molar-refractivity contribution in [3.63, 3.8) is 0 Å². The Bertz CT molecular complexity index is 85.0. The minimum atomic E-state index is -1.51. The van der Waals surface area contributed by atoms with E-state index in [1.54, 1.807) is 0 Å². The molecular weight excluding hydrogens is 141 g/mol. The molecular formula is C5H12FNO3. The number of carbonyl (C=O) groups is 1. The summed E-state index contributed by atoms with van der Waals surface area (Å²) in [7, 11) is 0. The summed E-state index contributed by atoms with van der Waals surface area (Å²) in [6.45, 7) is 0.850. The molecule has 4 N–H and O–H groups in total. The summed E-state index contributed by atoms with van der Waals surface area (Å²) in [4.78, 5) is 9.55. The van der Waals surface area contributed by atoms with Crippen LogP contribution in [-0.2, 0) is 4.79 Å². The fourth-order valence-electron chi connectivity index (χ4n) is 0. The molecule has 5 heteroatoms. The average Bonchev–Trinajstić information content (AvgIpc) is 1.89. The van der Waals surface area contributed by atoms with Crippen molar-refractivity contribution in [2.45, 2.75) is 13.1 Å². The van der Waals surface area contributed by atoms with Gasteiger partial charge in [-0.2, -0.15) is 0 Å². The van der Waals surface area contributed by atoms with Crippen molar-refractivity contribution in [3.05, 3.63) is 0 Å². The van der Waals surface area contributed by atoms with Crippen LogP contribution in [0.4, 0.5) is 4.39 Å². The van der Waals surface area contributed by atoms with Gasteiger partial charge in [-0.1, -0.05) is 0 Å². The van der Waals surface area contributed by atoms with Crippen LogP contribution in [0.3, 0.4) is 0 Å². The summed E-state index contributed by atoms with van der Waals surface area (Å²) in [5, 5.41) is 15.2. The number of hydrogen-bond donors (Lipinski definition) is 3. The molecule has 0 aliphatic carbocycles. The SMILES string of the molecule is CC(F)C(N)=O.OCCO. The first-order valence-electron chi connectivity index (χ1n) is 2.71. The Morgan fingerprint density at radius 3 is 1.80 bits per heavy atom. The van der Waals surface area contributed by atoms with Crippen molar-refractivity contribution >= 4 is 5.91 Å². The van der Waals surface area contributed by atoms with Crippen molar-refractivity contribution < 1.29 is 19.4 Å². The molecule has 0 saturated carbocycles. The van der Waals surface area contributed by atoms with Crippen LogP contribution >= 0.6 is 0 Å². The van der Waals surface area contributed by atoms with E-state index in [4.69, 9.17) is 10.2 Å². The number of nitrogens with two attached hydrogens (primary N) is 1. The first kappa shape index (κ1) is 12.0. The van der Waals surface area contributed by atoms with Crippen LogP contribution in [0.15, 0.2) is 0 Å². The van der Waals surface area contributed by atoms with Gasteiger partial charge in [0, 0.05) is 0 Å². The Kier molecular flexibility index (Phi) is 10.0. The van der Waals surface area contributed by atoms with Gasteiger partial charge < -0.3 is 15.9 Å². The maximum Gasteiger partial charge on any atom is 0.251 e. The Balaban J connectivity index is 0. The quantitative estimate of drug-likeness (QED) is 0.466. The first-order chi connectivity index (χ1) is 4.56. The van der Waals surface area contributed by atoms with Crippen LogP contribution in [0.2, 0.25) is 0 Å². The highest BCUT2D eigenvalue weighted by Crippen LogP contribution is 1.80. The van der Waals surface area contributed by atoms with Crippen LogP contribution in [-0.4, -0.2) is 35.5 Å². The van der Waals surface area contributed by atoms with Crippen LogP contribution in [0.25, 0.3) is 0 Å². The van der Waals surface area contributed by atoms with Gasteiger partial charge in [0.2, 0.25) is 0 Å². The smallest absolute Gasteiger partial charge is 0.251 e. The summed E-state index contributed by atoms with van der Waals surface area (Å²) < 4.78 is 11.3. The molecule has 0 aromatic carbocycles. The molecule has 0 radical (unpaired) electrons. The Morgan fingerprint density at radius 1 is 1.60 bits per heavy atom. The molecule has 4 nitrogen and oxygen atoms in total. The summed E-state index contributed by atoms with van der Waals surface area (Å²) in [5.41, 5.74) is 4.42. The van der Waals surface area contributed by atoms with E-state index < -0.39 is 12.1 Å². The normalized spacial score (nSPS) is 11.2. The lowest BCUT2D eigenvalue weighted by atomic mass is 10.4. The molecule has 0 aromatic rings. The molecule has 62 valence electrons. The van der Waals surface area contributed by atoms with Crippen molar-refractivity contribution in [1.82, 2.24) is 0 Å². The lowest BCUT2D eigenvalue weighted by Crippen LogP contribution is -2.20. The van der Waals surface area contributed by atoms with Crippen molar-refractivity contribution in [1.29, 1.82) is 0 Å². The Morgan fingerprint density at radius 2 is 1.80 bits per heavy atom. The zero-order valence-corrected chi connectivity index (χ0v) is 5.75. The Labute approximate surface area is 58.5 Å².